The third kappa shape index (κ3) is 4.49. The zero-order valence-corrected chi connectivity index (χ0v) is 19.3. The molecule has 1 aliphatic carbocycles. The first-order chi connectivity index (χ1) is 16.9. The Kier molecular flexibility index (Phi) is 5.98. The Morgan fingerprint density at radius 2 is 1.69 bits per heavy atom. The second-order valence-corrected chi connectivity index (χ2v) is 9.00. The van der Waals surface area contributed by atoms with Crippen LogP contribution in [0.1, 0.15) is 40.4 Å². The average Bonchev–Trinajstić information content (AvgIpc) is 3.33. The number of fused-ring (bicyclic) bond motifs is 3. The Morgan fingerprint density at radius 1 is 1.06 bits per heavy atom. The summed E-state index contributed by atoms with van der Waals surface area (Å²) in [6.07, 6.45) is 0.0211. The van der Waals surface area contributed by atoms with Gasteiger partial charge in [-0.15, -0.1) is 0 Å². The number of rotatable bonds is 7. The van der Waals surface area contributed by atoms with Crippen molar-refractivity contribution in [2.45, 2.75) is 18.8 Å². The number of aliphatic carboxylic acids is 1. The Balaban J connectivity index is 1.18. The molecular formula is C26H26N4O5. The number of anilines is 1. The largest absolute Gasteiger partial charge is 0.481 e. The zero-order chi connectivity index (χ0) is 24.5. The van der Waals surface area contributed by atoms with Gasteiger partial charge in [0.2, 0.25) is 0 Å². The van der Waals surface area contributed by atoms with Crippen LogP contribution in [0, 0.1) is 5.92 Å². The van der Waals surface area contributed by atoms with E-state index in [2.05, 4.69) is 34.7 Å². The number of aromatic nitrogens is 2. The number of carboxylic acid groups (broad SMARTS) is 1. The summed E-state index contributed by atoms with van der Waals surface area (Å²) in [4.78, 5) is 37.7. The van der Waals surface area contributed by atoms with E-state index in [9.17, 15) is 14.4 Å². The Labute approximate surface area is 202 Å². The summed E-state index contributed by atoms with van der Waals surface area (Å²) in [6, 6.07) is 17.8. The van der Waals surface area contributed by atoms with Gasteiger partial charge in [-0.2, -0.15) is 5.10 Å². The molecule has 2 heterocycles. The molecule has 2 aromatic carbocycles. The van der Waals surface area contributed by atoms with Gasteiger partial charge in [0, 0.05) is 38.5 Å². The maximum atomic E-state index is 12.8. The molecule has 1 aromatic heterocycles. The van der Waals surface area contributed by atoms with Crippen LogP contribution in [0.4, 0.5) is 10.6 Å². The average molecular weight is 475 g/mol. The first kappa shape index (κ1) is 22.6. The lowest BCUT2D eigenvalue weighted by Crippen LogP contribution is -2.50. The monoisotopic (exact) mass is 474 g/mol. The molecule has 2 amide bonds. The summed E-state index contributed by atoms with van der Waals surface area (Å²) in [5.74, 6) is -0.648. The smallest absolute Gasteiger partial charge is 0.412 e. The summed E-state index contributed by atoms with van der Waals surface area (Å²) < 4.78 is 6.97. The molecule has 0 spiro atoms. The van der Waals surface area contributed by atoms with E-state index in [0.717, 1.165) is 22.3 Å². The van der Waals surface area contributed by atoms with Crippen molar-refractivity contribution in [2.24, 2.45) is 13.0 Å². The van der Waals surface area contributed by atoms with Crippen LogP contribution < -0.4 is 5.32 Å². The molecule has 1 aliphatic heterocycles. The van der Waals surface area contributed by atoms with Crippen molar-refractivity contribution < 1.29 is 24.2 Å². The van der Waals surface area contributed by atoms with Crippen LogP contribution >= 0.6 is 0 Å². The number of ether oxygens (including phenoxy) is 1. The highest BCUT2D eigenvalue weighted by molar-refractivity contribution is 5.95. The molecule has 9 nitrogen and oxygen atoms in total. The highest BCUT2D eigenvalue weighted by atomic mass is 16.5. The fourth-order valence-electron chi connectivity index (χ4n) is 4.88. The molecule has 0 atom stereocenters. The van der Waals surface area contributed by atoms with E-state index in [1.807, 2.05) is 24.3 Å². The number of amides is 2. The molecule has 3 aromatic rings. The van der Waals surface area contributed by atoms with Crippen molar-refractivity contribution in [2.75, 3.05) is 25.0 Å². The van der Waals surface area contributed by atoms with Crippen LogP contribution in [-0.4, -0.2) is 57.5 Å². The van der Waals surface area contributed by atoms with E-state index in [1.54, 1.807) is 11.9 Å². The molecule has 0 saturated carbocycles. The maximum absolute atomic E-state index is 12.8. The molecule has 2 N–H and O–H groups in total. The van der Waals surface area contributed by atoms with Gasteiger partial charge < -0.3 is 14.7 Å². The number of hydrogen-bond donors (Lipinski definition) is 2. The topological polar surface area (TPSA) is 114 Å². The minimum Gasteiger partial charge on any atom is -0.481 e. The number of carbonyl (C=O) groups excluding carboxylic acids is 2. The minimum atomic E-state index is -0.828. The fourth-order valence-corrected chi connectivity index (χ4v) is 4.88. The van der Waals surface area contributed by atoms with Gasteiger partial charge in [0.25, 0.3) is 5.91 Å². The molecule has 0 bridgehead atoms. The normalized spacial score (nSPS) is 14.7. The van der Waals surface area contributed by atoms with Crippen molar-refractivity contribution in [1.29, 1.82) is 0 Å². The van der Waals surface area contributed by atoms with Crippen molar-refractivity contribution in [3.63, 3.8) is 0 Å². The number of carboxylic acids is 1. The van der Waals surface area contributed by atoms with Crippen molar-refractivity contribution in [3.8, 4) is 11.1 Å². The summed E-state index contributed by atoms with van der Waals surface area (Å²) >= 11 is 0. The number of nitrogens with zero attached hydrogens (tertiary/aromatic N) is 3. The number of likely N-dealkylation sites (tertiary alicyclic amines) is 1. The van der Waals surface area contributed by atoms with Crippen molar-refractivity contribution in [3.05, 3.63) is 71.4 Å². The summed E-state index contributed by atoms with van der Waals surface area (Å²) in [7, 11) is 1.64. The van der Waals surface area contributed by atoms with Crippen LogP contribution in [-0.2, 0) is 16.6 Å². The molecule has 180 valence electrons. The number of aryl methyl sites for hydroxylation is 1. The number of carbonyl (C=O) groups is 3. The third-order valence-corrected chi connectivity index (χ3v) is 6.68. The predicted octanol–water partition coefficient (Wildman–Crippen LogP) is 3.72. The van der Waals surface area contributed by atoms with E-state index in [-0.39, 0.29) is 36.6 Å². The Bertz CT molecular complexity index is 1250. The van der Waals surface area contributed by atoms with Crippen molar-refractivity contribution in [1.82, 2.24) is 14.7 Å². The molecule has 9 heteroatoms. The van der Waals surface area contributed by atoms with Gasteiger partial charge in [-0.3, -0.25) is 19.6 Å². The lowest BCUT2D eigenvalue weighted by atomic mass is 9.94. The van der Waals surface area contributed by atoms with E-state index in [1.165, 1.54) is 10.7 Å². The highest BCUT2D eigenvalue weighted by Crippen LogP contribution is 2.44. The van der Waals surface area contributed by atoms with Crippen LogP contribution in [0.2, 0.25) is 0 Å². The lowest BCUT2D eigenvalue weighted by Gasteiger charge is -2.39. The van der Waals surface area contributed by atoms with Gasteiger partial charge in [0.1, 0.15) is 12.3 Å². The standard InChI is InChI=1S/C26H26N4O5/c1-29-22(25(33)30-13-16(14-30)10-11-24(31)32)12-23(28-29)27-26(34)35-15-21-19-8-4-2-6-17(19)18-7-3-5-9-20(18)21/h2-9,12,16,21H,10-11,13-15H2,1H3,(H,31,32)(H,27,28,34). The SMILES string of the molecule is Cn1nc(NC(=O)OCC2c3ccccc3-c3ccccc32)cc1C(=O)N1CC(CCC(=O)O)C1. The Hall–Kier alpha value is -4.14. The first-order valence-corrected chi connectivity index (χ1v) is 11.6. The summed E-state index contributed by atoms with van der Waals surface area (Å²) in [5.41, 5.74) is 4.91. The molecule has 0 unspecified atom stereocenters. The molecule has 1 saturated heterocycles. The predicted molar refractivity (Wildman–Crippen MR) is 128 cm³/mol. The third-order valence-electron chi connectivity index (χ3n) is 6.68. The molecular weight excluding hydrogens is 448 g/mol. The van der Waals surface area contributed by atoms with Gasteiger partial charge in [-0.25, -0.2) is 4.79 Å². The van der Waals surface area contributed by atoms with Crippen molar-refractivity contribution >= 4 is 23.8 Å². The van der Waals surface area contributed by atoms with Gasteiger partial charge in [-0.1, -0.05) is 48.5 Å². The van der Waals surface area contributed by atoms with Crippen LogP contribution in [0.25, 0.3) is 11.1 Å². The summed E-state index contributed by atoms with van der Waals surface area (Å²) in [5, 5.41) is 15.6. The highest BCUT2D eigenvalue weighted by Gasteiger charge is 2.33. The van der Waals surface area contributed by atoms with Crippen LogP contribution in [0.5, 0.6) is 0 Å². The van der Waals surface area contributed by atoms with E-state index in [4.69, 9.17) is 9.84 Å². The van der Waals surface area contributed by atoms with E-state index >= 15 is 0 Å². The second-order valence-electron chi connectivity index (χ2n) is 9.00. The number of benzene rings is 2. The minimum absolute atomic E-state index is 0.0467. The zero-order valence-electron chi connectivity index (χ0n) is 19.3. The van der Waals surface area contributed by atoms with Gasteiger partial charge in [0.15, 0.2) is 5.82 Å². The van der Waals surface area contributed by atoms with Gasteiger partial charge in [0.05, 0.1) is 0 Å². The number of hydrogen-bond acceptors (Lipinski definition) is 5. The lowest BCUT2D eigenvalue weighted by molar-refractivity contribution is -0.137. The second kappa shape index (κ2) is 9.25. The van der Waals surface area contributed by atoms with Gasteiger partial charge in [-0.05, 0) is 34.6 Å². The number of nitrogens with one attached hydrogen (secondary N) is 1. The molecule has 35 heavy (non-hydrogen) atoms. The van der Waals surface area contributed by atoms with E-state index in [0.29, 0.717) is 25.2 Å². The quantitative estimate of drug-likeness (QED) is 0.540. The van der Waals surface area contributed by atoms with E-state index < -0.39 is 12.1 Å². The van der Waals surface area contributed by atoms with Crippen LogP contribution in [0.3, 0.4) is 0 Å². The summed E-state index contributed by atoms with van der Waals surface area (Å²) in [6.45, 7) is 1.23. The Morgan fingerprint density at radius 3 is 2.31 bits per heavy atom. The maximum Gasteiger partial charge on any atom is 0.412 e. The first-order valence-electron chi connectivity index (χ1n) is 11.6. The fraction of sp³-hybridized carbons (Fsp3) is 0.308. The molecule has 1 fully saturated rings. The molecule has 5 rings (SSSR count). The van der Waals surface area contributed by atoms with Gasteiger partial charge >= 0.3 is 12.1 Å². The molecule has 2 aliphatic rings. The van der Waals surface area contributed by atoms with Crippen LogP contribution in [0.15, 0.2) is 54.6 Å². The molecule has 0 radical (unpaired) electrons.